The molecule has 10 nitrogen and oxygen atoms in total. The quantitative estimate of drug-likeness (QED) is 0.104. The van der Waals surface area contributed by atoms with Crippen LogP contribution < -0.4 is 14.2 Å². The normalized spacial score (nSPS) is 14.0. The third-order valence-electron chi connectivity index (χ3n) is 5.53. The van der Waals surface area contributed by atoms with Crippen LogP contribution in [0.2, 0.25) is 0 Å². The third-order valence-corrected chi connectivity index (χ3v) is 6.44. The van der Waals surface area contributed by atoms with Gasteiger partial charge in [0.05, 0.1) is 28.5 Å². The predicted octanol–water partition coefficient (Wildman–Crippen LogP) is 5.64. The van der Waals surface area contributed by atoms with E-state index >= 15 is 0 Å². The Labute approximate surface area is 228 Å². The number of rotatable bonds is 10. The van der Waals surface area contributed by atoms with Gasteiger partial charge >= 0.3 is 5.97 Å². The molecule has 0 aromatic heterocycles. The Morgan fingerprint density at radius 1 is 1.03 bits per heavy atom. The van der Waals surface area contributed by atoms with Gasteiger partial charge in [-0.25, -0.2) is 4.79 Å². The van der Waals surface area contributed by atoms with Crippen LogP contribution in [0, 0.1) is 17.0 Å². The number of amides is 2. The second kappa shape index (κ2) is 12.3. The van der Waals surface area contributed by atoms with Crippen molar-refractivity contribution in [3.8, 4) is 17.2 Å². The van der Waals surface area contributed by atoms with Crippen molar-refractivity contribution >= 4 is 40.6 Å². The van der Waals surface area contributed by atoms with Gasteiger partial charge in [0.15, 0.2) is 11.5 Å². The van der Waals surface area contributed by atoms with Crippen LogP contribution in [-0.2, 0) is 4.79 Å². The van der Waals surface area contributed by atoms with E-state index in [1.165, 1.54) is 30.3 Å². The zero-order chi connectivity index (χ0) is 27.9. The van der Waals surface area contributed by atoms with Crippen molar-refractivity contribution in [2.75, 3.05) is 19.8 Å². The summed E-state index contributed by atoms with van der Waals surface area (Å²) in [6, 6.07) is 17.3. The lowest BCUT2D eigenvalue weighted by atomic mass is 10.1. The third kappa shape index (κ3) is 6.82. The topological polar surface area (TPSA) is 125 Å². The molecule has 3 aromatic rings. The molecule has 0 bridgehead atoms. The van der Waals surface area contributed by atoms with E-state index < -0.39 is 22.0 Å². The first-order chi connectivity index (χ1) is 18.7. The SMILES string of the molecule is CCOc1cc(/C=C2\SC(=O)N(CCOc3cccc(C)c3)C2=O)ccc1OC(=O)c1ccc([N+](=O)[O-])cc1. The summed E-state index contributed by atoms with van der Waals surface area (Å²) in [6.45, 7) is 4.26. The van der Waals surface area contributed by atoms with Crippen molar-refractivity contribution in [1.82, 2.24) is 4.90 Å². The first-order valence-electron chi connectivity index (χ1n) is 11.9. The van der Waals surface area contributed by atoms with E-state index in [4.69, 9.17) is 14.2 Å². The van der Waals surface area contributed by atoms with Gasteiger partial charge < -0.3 is 14.2 Å². The second-order valence-electron chi connectivity index (χ2n) is 8.33. The van der Waals surface area contributed by atoms with Gasteiger partial charge in [0.2, 0.25) is 0 Å². The van der Waals surface area contributed by atoms with Crippen LogP contribution in [-0.4, -0.2) is 46.7 Å². The number of nitrogens with zero attached hydrogens (tertiary/aromatic N) is 2. The van der Waals surface area contributed by atoms with Crippen LogP contribution in [0.5, 0.6) is 17.2 Å². The summed E-state index contributed by atoms with van der Waals surface area (Å²) in [7, 11) is 0. The highest BCUT2D eigenvalue weighted by atomic mass is 32.2. The molecule has 1 aliphatic rings. The zero-order valence-electron chi connectivity index (χ0n) is 21.1. The largest absolute Gasteiger partial charge is 0.492 e. The maximum Gasteiger partial charge on any atom is 0.343 e. The van der Waals surface area contributed by atoms with Crippen molar-refractivity contribution in [3.05, 3.63) is 98.4 Å². The summed E-state index contributed by atoms with van der Waals surface area (Å²) in [5.74, 6) is -0.0848. The maximum atomic E-state index is 12.9. The number of hydrogen-bond acceptors (Lipinski definition) is 9. The van der Waals surface area contributed by atoms with E-state index in [1.54, 1.807) is 25.1 Å². The molecule has 0 unspecified atom stereocenters. The fraction of sp³-hybridized carbons (Fsp3) is 0.179. The summed E-state index contributed by atoms with van der Waals surface area (Å²) in [5.41, 5.74) is 1.59. The first kappa shape index (κ1) is 27.4. The molecule has 0 saturated carbocycles. The number of imide groups is 1. The van der Waals surface area contributed by atoms with Gasteiger partial charge in [-0.3, -0.25) is 24.6 Å². The van der Waals surface area contributed by atoms with Crippen molar-refractivity contribution < 1.29 is 33.5 Å². The van der Waals surface area contributed by atoms with Crippen LogP contribution in [0.4, 0.5) is 10.5 Å². The van der Waals surface area contributed by atoms with Gasteiger partial charge in [-0.2, -0.15) is 0 Å². The molecule has 0 aliphatic carbocycles. The minimum Gasteiger partial charge on any atom is -0.492 e. The van der Waals surface area contributed by atoms with E-state index in [-0.39, 0.29) is 47.4 Å². The van der Waals surface area contributed by atoms with Gasteiger partial charge in [-0.1, -0.05) is 18.2 Å². The number of hydrogen-bond donors (Lipinski definition) is 0. The van der Waals surface area contributed by atoms with Gasteiger partial charge in [-0.15, -0.1) is 0 Å². The number of esters is 1. The Morgan fingerprint density at radius 2 is 1.79 bits per heavy atom. The highest BCUT2D eigenvalue weighted by molar-refractivity contribution is 8.18. The summed E-state index contributed by atoms with van der Waals surface area (Å²) in [5, 5.41) is 10.4. The van der Waals surface area contributed by atoms with E-state index in [0.29, 0.717) is 11.3 Å². The molecule has 1 saturated heterocycles. The van der Waals surface area contributed by atoms with Crippen LogP contribution in [0.25, 0.3) is 6.08 Å². The van der Waals surface area contributed by atoms with Gasteiger partial charge in [-0.05, 0) is 79.2 Å². The number of aryl methyl sites for hydroxylation is 1. The van der Waals surface area contributed by atoms with Crippen molar-refractivity contribution in [3.63, 3.8) is 0 Å². The molecule has 4 rings (SSSR count). The Morgan fingerprint density at radius 3 is 2.49 bits per heavy atom. The molecule has 0 radical (unpaired) electrons. The summed E-state index contributed by atoms with van der Waals surface area (Å²) < 4.78 is 16.7. The van der Waals surface area contributed by atoms with E-state index in [9.17, 15) is 24.5 Å². The fourth-order valence-electron chi connectivity index (χ4n) is 3.65. The highest BCUT2D eigenvalue weighted by Gasteiger charge is 2.34. The molecule has 1 aliphatic heterocycles. The molecule has 0 N–H and O–H groups in total. The Bertz CT molecular complexity index is 1450. The smallest absolute Gasteiger partial charge is 0.343 e. The molecule has 2 amide bonds. The Kier molecular flexibility index (Phi) is 8.62. The van der Waals surface area contributed by atoms with Crippen molar-refractivity contribution in [1.29, 1.82) is 0 Å². The number of carbonyl (C=O) groups excluding carboxylic acids is 3. The molecule has 0 spiro atoms. The molecular formula is C28H24N2O8S. The zero-order valence-corrected chi connectivity index (χ0v) is 21.9. The summed E-state index contributed by atoms with van der Waals surface area (Å²) in [6.07, 6.45) is 1.57. The van der Waals surface area contributed by atoms with Gasteiger partial charge in [0.1, 0.15) is 12.4 Å². The van der Waals surface area contributed by atoms with Crippen LogP contribution in [0.15, 0.2) is 71.6 Å². The molecule has 1 heterocycles. The number of ether oxygens (including phenoxy) is 3. The lowest BCUT2D eigenvalue weighted by Gasteiger charge is -2.13. The number of nitro benzene ring substituents is 1. The maximum absolute atomic E-state index is 12.9. The van der Waals surface area contributed by atoms with Crippen molar-refractivity contribution in [2.24, 2.45) is 0 Å². The monoisotopic (exact) mass is 548 g/mol. The number of benzene rings is 3. The number of thioether (sulfide) groups is 1. The van der Waals surface area contributed by atoms with Crippen molar-refractivity contribution in [2.45, 2.75) is 13.8 Å². The lowest BCUT2D eigenvalue weighted by Crippen LogP contribution is -2.32. The van der Waals surface area contributed by atoms with E-state index in [0.717, 1.165) is 22.2 Å². The summed E-state index contributed by atoms with van der Waals surface area (Å²) >= 11 is 0.829. The number of carbonyl (C=O) groups is 3. The standard InChI is InChI=1S/C28H24N2O8S/c1-3-36-24-16-19(7-12-23(24)38-27(32)20-8-10-21(11-9-20)30(34)35)17-25-26(31)29(28(33)39-25)13-14-37-22-6-4-5-18(2)15-22/h4-12,15-17H,3,13-14H2,1-2H3/b25-17-. The fourth-order valence-corrected chi connectivity index (χ4v) is 4.51. The number of non-ortho nitro benzene ring substituents is 1. The second-order valence-corrected chi connectivity index (χ2v) is 9.32. The molecule has 11 heteroatoms. The number of nitro groups is 1. The molecule has 39 heavy (non-hydrogen) atoms. The average Bonchev–Trinajstić information content (AvgIpc) is 3.17. The van der Waals surface area contributed by atoms with Crippen LogP contribution >= 0.6 is 11.8 Å². The van der Waals surface area contributed by atoms with Crippen LogP contribution in [0.1, 0.15) is 28.4 Å². The molecule has 1 fully saturated rings. The first-order valence-corrected chi connectivity index (χ1v) is 12.7. The molecule has 0 atom stereocenters. The minimum absolute atomic E-state index is 0.109. The Balaban J connectivity index is 1.44. The average molecular weight is 549 g/mol. The predicted molar refractivity (Wildman–Crippen MR) is 145 cm³/mol. The van der Waals surface area contributed by atoms with E-state index in [1.807, 2.05) is 31.2 Å². The lowest BCUT2D eigenvalue weighted by molar-refractivity contribution is -0.384. The van der Waals surface area contributed by atoms with Crippen LogP contribution in [0.3, 0.4) is 0 Å². The molecular weight excluding hydrogens is 524 g/mol. The van der Waals surface area contributed by atoms with Gasteiger partial charge in [0.25, 0.3) is 16.8 Å². The molecule has 3 aromatic carbocycles. The van der Waals surface area contributed by atoms with E-state index in [2.05, 4.69) is 0 Å². The molecule has 200 valence electrons. The van der Waals surface area contributed by atoms with Gasteiger partial charge in [0, 0.05) is 12.1 Å². The minimum atomic E-state index is -0.715. The summed E-state index contributed by atoms with van der Waals surface area (Å²) in [4.78, 5) is 49.6. The highest BCUT2D eigenvalue weighted by Crippen LogP contribution is 2.35. The Hall–Kier alpha value is -4.64.